The minimum Gasteiger partial charge on any atom is -0.396 e. The zero-order valence-electron chi connectivity index (χ0n) is 9.75. The van der Waals surface area contributed by atoms with Crippen molar-refractivity contribution in [2.75, 3.05) is 13.2 Å². The Labute approximate surface area is 99.2 Å². The van der Waals surface area contributed by atoms with Crippen LogP contribution in [-0.4, -0.2) is 24.4 Å². The molecule has 1 aliphatic rings. The third-order valence-corrected chi connectivity index (χ3v) is 3.72. The number of hydrogen-bond donors (Lipinski definition) is 1. The van der Waals surface area contributed by atoms with E-state index in [0.29, 0.717) is 25.0 Å². The Kier molecular flexibility index (Phi) is 3.45. The highest BCUT2D eigenvalue weighted by Gasteiger charge is 2.41. The van der Waals surface area contributed by atoms with Crippen LogP contribution in [0.3, 0.4) is 0 Å². The van der Waals surface area contributed by atoms with Gasteiger partial charge < -0.3 is 9.84 Å². The lowest BCUT2D eigenvalue weighted by Gasteiger charge is -2.30. The molecule has 4 heteroatoms. The topological polar surface area (TPSA) is 29.5 Å². The zero-order valence-corrected chi connectivity index (χ0v) is 9.75. The second-order valence-electron chi connectivity index (χ2n) is 4.67. The van der Waals surface area contributed by atoms with Gasteiger partial charge in [-0.1, -0.05) is 12.1 Å². The van der Waals surface area contributed by atoms with E-state index in [1.807, 2.05) is 6.92 Å². The van der Waals surface area contributed by atoms with Crippen molar-refractivity contribution in [1.29, 1.82) is 0 Å². The summed E-state index contributed by atoms with van der Waals surface area (Å²) in [7, 11) is 0. The lowest BCUT2D eigenvalue weighted by molar-refractivity contribution is 0.0267. The van der Waals surface area contributed by atoms with E-state index in [4.69, 9.17) is 4.74 Å². The van der Waals surface area contributed by atoms with Crippen LogP contribution in [0.1, 0.15) is 18.9 Å². The molecule has 94 valence electrons. The van der Waals surface area contributed by atoms with Gasteiger partial charge in [0.2, 0.25) is 0 Å². The van der Waals surface area contributed by atoms with E-state index >= 15 is 0 Å². The predicted octanol–water partition coefficient (Wildman–Crippen LogP) is 2.29. The van der Waals surface area contributed by atoms with E-state index in [9.17, 15) is 13.9 Å². The number of aliphatic hydroxyl groups is 1. The van der Waals surface area contributed by atoms with Gasteiger partial charge in [0.1, 0.15) is 0 Å². The second-order valence-corrected chi connectivity index (χ2v) is 4.67. The molecule has 2 rings (SSSR count). The third-order valence-electron chi connectivity index (χ3n) is 3.72. The predicted molar refractivity (Wildman–Crippen MR) is 59.6 cm³/mol. The Hall–Kier alpha value is -1.00. The molecule has 0 aliphatic carbocycles. The van der Waals surface area contributed by atoms with Crippen molar-refractivity contribution in [3.8, 4) is 0 Å². The molecule has 17 heavy (non-hydrogen) atoms. The van der Waals surface area contributed by atoms with Gasteiger partial charge in [0.25, 0.3) is 0 Å². The molecule has 0 spiro atoms. The zero-order chi connectivity index (χ0) is 12.5. The van der Waals surface area contributed by atoms with Crippen molar-refractivity contribution in [1.82, 2.24) is 0 Å². The van der Waals surface area contributed by atoms with Gasteiger partial charge in [0.15, 0.2) is 11.6 Å². The first-order valence-corrected chi connectivity index (χ1v) is 5.74. The Morgan fingerprint density at radius 3 is 2.82 bits per heavy atom. The maximum atomic E-state index is 13.6. The lowest BCUT2D eigenvalue weighted by Crippen LogP contribution is -2.35. The van der Waals surface area contributed by atoms with Gasteiger partial charge in [-0.2, -0.15) is 0 Å². The normalized spacial score (nSPS) is 28.6. The van der Waals surface area contributed by atoms with Gasteiger partial charge in [-0.3, -0.25) is 0 Å². The van der Waals surface area contributed by atoms with E-state index in [1.165, 1.54) is 6.07 Å². The van der Waals surface area contributed by atoms with E-state index in [-0.39, 0.29) is 12.7 Å². The largest absolute Gasteiger partial charge is 0.396 e. The van der Waals surface area contributed by atoms with Gasteiger partial charge in [0, 0.05) is 12.0 Å². The highest BCUT2D eigenvalue weighted by atomic mass is 19.2. The van der Waals surface area contributed by atoms with Crippen molar-refractivity contribution in [3.63, 3.8) is 0 Å². The standard InChI is InChI=1S/C13H16F2O2/c1-9-13(8-16,5-6-17-9)7-10-3-2-4-11(14)12(10)15/h2-4,9,16H,5-8H2,1H3. The SMILES string of the molecule is CC1OCCC1(CO)Cc1cccc(F)c1F. The average Bonchev–Trinajstić information content (AvgIpc) is 2.67. The molecule has 0 bridgehead atoms. The quantitative estimate of drug-likeness (QED) is 0.881. The van der Waals surface area contributed by atoms with Crippen LogP contribution in [-0.2, 0) is 11.2 Å². The number of hydrogen-bond acceptors (Lipinski definition) is 2. The van der Waals surface area contributed by atoms with Crippen LogP contribution in [0.15, 0.2) is 18.2 Å². The minimum absolute atomic E-state index is 0.0792. The van der Waals surface area contributed by atoms with Crippen LogP contribution < -0.4 is 0 Å². The molecule has 2 atom stereocenters. The Bertz CT molecular complexity index is 408. The molecule has 0 aromatic heterocycles. The lowest BCUT2D eigenvalue weighted by atomic mass is 9.77. The Morgan fingerprint density at radius 1 is 1.47 bits per heavy atom. The molecule has 0 radical (unpaired) electrons. The number of rotatable bonds is 3. The molecular formula is C13H16F2O2. The molecule has 0 amide bonds. The fraction of sp³-hybridized carbons (Fsp3) is 0.538. The summed E-state index contributed by atoms with van der Waals surface area (Å²) >= 11 is 0. The van der Waals surface area contributed by atoms with E-state index in [1.54, 1.807) is 6.07 Å². The molecule has 1 aromatic rings. The maximum absolute atomic E-state index is 13.6. The second kappa shape index (κ2) is 4.70. The molecule has 2 nitrogen and oxygen atoms in total. The summed E-state index contributed by atoms with van der Waals surface area (Å²) in [6, 6.07) is 4.14. The van der Waals surface area contributed by atoms with Crippen LogP contribution >= 0.6 is 0 Å². The van der Waals surface area contributed by atoms with Gasteiger partial charge in [-0.15, -0.1) is 0 Å². The first-order valence-electron chi connectivity index (χ1n) is 5.74. The van der Waals surface area contributed by atoms with Gasteiger partial charge >= 0.3 is 0 Å². The van der Waals surface area contributed by atoms with Crippen molar-refractivity contribution < 1.29 is 18.6 Å². The molecule has 1 saturated heterocycles. The van der Waals surface area contributed by atoms with Crippen molar-refractivity contribution in [2.24, 2.45) is 5.41 Å². The molecule has 1 N–H and O–H groups in total. The molecule has 1 aromatic carbocycles. The number of aliphatic hydroxyl groups excluding tert-OH is 1. The highest BCUT2D eigenvalue weighted by Crippen LogP contribution is 2.38. The Balaban J connectivity index is 2.27. The number of ether oxygens (including phenoxy) is 1. The summed E-state index contributed by atoms with van der Waals surface area (Å²) in [5, 5.41) is 9.51. The average molecular weight is 242 g/mol. The van der Waals surface area contributed by atoms with Crippen LogP contribution in [0.25, 0.3) is 0 Å². The van der Waals surface area contributed by atoms with Gasteiger partial charge in [-0.25, -0.2) is 8.78 Å². The maximum Gasteiger partial charge on any atom is 0.162 e. The van der Waals surface area contributed by atoms with Crippen LogP contribution in [0, 0.1) is 17.0 Å². The van der Waals surface area contributed by atoms with Crippen molar-refractivity contribution in [2.45, 2.75) is 25.9 Å². The number of halogens is 2. The molecular weight excluding hydrogens is 226 g/mol. The van der Waals surface area contributed by atoms with Gasteiger partial charge in [0.05, 0.1) is 12.7 Å². The van der Waals surface area contributed by atoms with Crippen molar-refractivity contribution in [3.05, 3.63) is 35.4 Å². The van der Waals surface area contributed by atoms with E-state index in [0.717, 1.165) is 6.07 Å². The molecule has 1 heterocycles. The summed E-state index contributed by atoms with van der Waals surface area (Å²) in [5.74, 6) is -1.67. The summed E-state index contributed by atoms with van der Waals surface area (Å²) < 4.78 is 32.1. The van der Waals surface area contributed by atoms with Crippen LogP contribution in [0.4, 0.5) is 8.78 Å². The first-order chi connectivity index (χ1) is 8.09. The number of benzene rings is 1. The summed E-state index contributed by atoms with van der Waals surface area (Å²) in [6.07, 6.45) is 0.824. The van der Waals surface area contributed by atoms with Gasteiger partial charge in [-0.05, 0) is 31.4 Å². The fourth-order valence-corrected chi connectivity index (χ4v) is 2.38. The van der Waals surface area contributed by atoms with E-state index in [2.05, 4.69) is 0 Å². The van der Waals surface area contributed by atoms with Crippen LogP contribution in [0.5, 0.6) is 0 Å². The monoisotopic (exact) mass is 242 g/mol. The highest BCUT2D eigenvalue weighted by molar-refractivity contribution is 5.21. The molecule has 2 unspecified atom stereocenters. The summed E-state index contributed by atoms with van der Waals surface area (Å²) in [4.78, 5) is 0. The van der Waals surface area contributed by atoms with Crippen molar-refractivity contribution >= 4 is 0 Å². The smallest absolute Gasteiger partial charge is 0.162 e. The molecule has 1 fully saturated rings. The van der Waals surface area contributed by atoms with Crippen LogP contribution in [0.2, 0.25) is 0 Å². The third kappa shape index (κ3) is 2.19. The summed E-state index contributed by atoms with van der Waals surface area (Å²) in [6.45, 7) is 2.34. The van der Waals surface area contributed by atoms with E-state index < -0.39 is 17.0 Å². The molecule has 0 saturated carbocycles. The minimum atomic E-state index is -0.845. The first kappa shape index (κ1) is 12.5. The summed E-state index contributed by atoms with van der Waals surface area (Å²) in [5.41, 5.74) is -0.189. The fourth-order valence-electron chi connectivity index (χ4n) is 2.38. The molecule has 1 aliphatic heterocycles. The Morgan fingerprint density at radius 2 is 2.24 bits per heavy atom.